The van der Waals surface area contributed by atoms with Crippen LogP contribution in [0.3, 0.4) is 0 Å². The van der Waals surface area contributed by atoms with E-state index in [-0.39, 0.29) is 11.5 Å². The van der Waals surface area contributed by atoms with E-state index < -0.39 is 5.54 Å². The summed E-state index contributed by atoms with van der Waals surface area (Å²) in [6.45, 7) is 3.74. The molecule has 1 fully saturated rings. The average Bonchev–Trinajstić information content (AvgIpc) is 3.17. The standard InChI is InChI=1S/C22H23N3O3/c1-22(2)20(27)19(18-9-13-7-5-6-8-17(13)24-18)21(23-3)25(22)14-10-15(26)12-16(11-14)28-4/h5-8,10-12,24,26H,9H2,1-4H3. The third-order valence-electron chi connectivity index (χ3n) is 5.33. The van der Waals surface area contributed by atoms with Crippen molar-refractivity contribution in [3.05, 3.63) is 59.3 Å². The zero-order valence-electron chi connectivity index (χ0n) is 16.4. The largest absolute Gasteiger partial charge is 0.508 e. The average molecular weight is 377 g/mol. The van der Waals surface area contributed by atoms with E-state index in [0.29, 0.717) is 29.3 Å². The van der Waals surface area contributed by atoms with Crippen molar-refractivity contribution < 1.29 is 14.6 Å². The van der Waals surface area contributed by atoms with Crippen LogP contribution in [0.25, 0.3) is 0 Å². The molecule has 1 saturated heterocycles. The number of methoxy groups -OCH3 is 1. The molecule has 0 unspecified atom stereocenters. The molecule has 2 aliphatic rings. The van der Waals surface area contributed by atoms with Gasteiger partial charge in [0.1, 0.15) is 22.9 Å². The first-order valence-corrected chi connectivity index (χ1v) is 9.15. The number of aromatic hydroxyl groups is 1. The number of allylic oxidation sites excluding steroid dienone is 1. The summed E-state index contributed by atoms with van der Waals surface area (Å²) in [5.41, 5.74) is 3.42. The molecule has 0 aliphatic carbocycles. The molecule has 2 N–H and O–H groups in total. The lowest BCUT2D eigenvalue weighted by Crippen LogP contribution is -2.44. The molecule has 0 aromatic heterocycles. The number of hydrogen-bond donors (Lipinski definition) is 2. The second-order valence-corrected chi connectivity index (χ2v) is 7.47. The molecular formula is C22H23N3O3. The minimum atomic E-state index is -0.855. The molecule has 144 valence electrons. The van der Waals surface area contributed by atoms with Gasteiger partial charge in [-0.1, -0.05) is 18.2 Å². The predicted octanol–water partition coefficient (Wildman–Crippen LogP) is 3.52. The molecule has 2 aliphatic heterocycles. The molecule has 0 amide bonds. The number of fused-ring (bicyclic) bond motifs is 1. The van der Waals surface area contributed by atoms with Crippen LogP contribution in [0, 0.1) is 0 Å². The van der Waals surface area contributed by atoms with Crippen molar-refractivity contribution in [1.29, 1.82) is 0 Å². The fourth-order valence-corrected chi connectivity index (χ4v) is 3.97. The van der Waals surface area contributed by atoms with Crippen LogP contribution in [0.4, 0.5) is 11.4 Å². The normalized spacial score (nSPS) is 21.8. The summed E-state index contributed by atoms with van der Waals surface area (Å²) in [7, 11) is 3.22. The molecule has 0 atom stereocenters. The summed E-state index contributed by atoms with van der Waals surface area (Å²) in [6, 6.07) is 13.0. The van der Waals surface area contributed by atoms with Crippen LogP contribution in [0.2, 0.25) is 0 Å². The quantitative estimate of drug-likeness (QED) is 0.784. The number of rotatable bonds is 2. The highest BCUT2D eigenvalue weighted by Crippen LogP contribution is 2.41. The van der Waals surface area contributed by atoms with E-state index in [0.717, 1.165) is 16.9 Å². The Morgan fingerprint density at radius 2 is 1.96 bits per heavy atom. The van der Waals surface area contributed by atoms with E-state index in [4.69, 9.17) is 4.74 Å². The van der Waals surface area contributed by atoms with Crippen molar-refractivity contribution in [2.75, 3.05) is 24.4 Å². The third kappa shape index (κ3) is 2.64. The number of para-hydroxylation sites is 1. The van der Waals surface area contributed by atoms with Crippen LogP contribution >= 0.6 is 0 Å². The number of nitrogens with one attached hydrogen (secondary N) is 1. The lowest BCUT2D eigenvalue weighted by Gasteiger charge is -2.31. The maximum absolute atomic E-state index is 13.4. The topological polar surface area (TPSA) is 74.2 Å². The molecule has 0 radical (unpaired) electrons. The number of phenols is 1. The minimum absolute atomic E-state index is 0.00860. The molecule has 2 aromatic carbocycles. The number of Topliss-reactive ketones (excluding diaryl/α,β-unsaturated/α-hetero) is 1. The molecular weight excluding hydrogens is 354 g/mol. The van der Waals surface area contributed by atoms with Crippen LogP contribution < -0.4 is 15.0 Å². The van der Waals surface area contributed by atoms with Crippen molar-refractivity contribution in [2.45, 2.75) is 25.8 Å². The van der Waals surface area contributed by atoms with Crippen molar-refractivity contribution in [3.63, 3.8) is 0 Å². The van der Waals surface area contributed by atoms with Gasteiger partial charge >= 0.3 is 0 Å². The zero-order chi connectivity index (χ0) is 20.1. The lowest BCUT2D eigenvalue weighted by molar-refractivity contribution is -0.118. The Hall–Kier alpha value is -3.28. The number of ketones is 1. The highest BCUT2D eigenvalue weighted by molar-refractivity contribution is 6.37. The SMILES string of the molecule is CN=C1C(=C2Cc3ccccc3N2)C(=O)C(C)(C)N1c1cc(O)cc(OC)c1. The Morgan fingerprint density at radius 1 is 1.21 bits per heavy atom. The van der Waals surface area contributed by atoms with Crippen molar-refractivity contribution >= 4 is 23.0 Å². The van der Waals surface area contributed by atoms with Crippen LogP contribution in [0.5, 0.6) is 11.5 Å². The molecule has 0 bridgehead atoms. The summed E-state index contributed by atoms with van der Waals surface area (Å²) >= 11 is 0. The summed E-state index contributed by atoms with van der Waals surface area (Å²) in [6.07, 6.45) is 0.656. The van der Waals surface area contributed by atoms with Crippen LogP contribution in [-0.4, -0.2) is 36.4 Å². The second kappa shape index (κ2) is 6.41. The number of aliphatic imine (C=N–C) groups is 1. The summed E-state index contributed by atoms with van der Waals surface area (Å²) in [5.74, 6) is 1.16. The van der Waals surface area contributed by atoms with Gasteiger partial charge in [-0.05, 0) is 25.5 Å². The van der Waals surface area contributed by atoms with E-state index in [1.165, 1.54) is 6.07 Å². The maximum atomic E-state index is 13.4. The number of carbonyl (C=O) groups is 1. The van der Waals surface area contributed by atoms with Crippen LogP contribution in [0.15, 0.2) is 58.7 Å². The van der Waals surface area contributed by atoms with Gasteiger partial charge in [0.2, 0.25) is 0 Å². The second-order valence-electron chi connectivity index (χ2n) is 7.47. The molecule has 2 aromatic rings. The number of nitrogens with zero attached hydrogens (tertiary/aromatic N) is 2. The fourth-order valence-electron chi connectivity index (χ4n) is 3.97. The fraction of sp³-hybridized carbons (Fsp3) is 0.273. The van der Waals surface area contributed by atoms with Crippen molar-refractivity contribution in [2.24, 2.45) is 4.99 Å². The number of amidine groups is 1. The van der Waals surface area contributed by atoms with Gasteiger partial charge in [0, 0.05) is 43.1 Å². The van der Waals surface area contributed by atoms with Gasteiger partial charge in [0.05, 0.1) is 18.4 Å². The van der Waals surface area contributed by atoms with Gasteiger partial charge < -0.3 is 20.1 Å². The Kier molecular flexibility index (Phi) is 4.14. The van der Waals surface area contributed by atoms with Gasteiger partial charge in [-0.15, -0.1) is 0 Å². The number of carbonyl (C=O) groups excluding carboxylic acids is 1. The highest BCUT2D eigenvalue weighted by atomic mass is 16.5. The lowest BCUT2D eigenvalue weighted by atomic mass is 9.96. The van der Waals surface area contributed by atoms with Gasteiger partial charge in [-0.2, -0.15) is 0 Å². The van der Waals surface area contributed by atoms with Gasteiger partial charge in [-0.3, -0.25) is 9.79 Å². The predicted molar refractivity (Wildman–Crippen MR) is 110 cm³/mol. The monoisotopic (exact) mass is 377 g/mol. The van der Waals surface area contributed by atoms with Gasteiger partial charge in [-0.25, -0.2) is 0 Å². The Bertz CT molecular complexity index is 1010. The molecule has 0 spiro atoms. The molecule has 0 saturated carbocycles. The molecule has 28 heavy (non-hydrogen) atoms. The van der Waals surface area contributed by atoms with Crippen molar-refractivity contribution in [1.82, 2.24) is 0 Å². The highest BCUT2D eigenvalue weighted by Gasteiger charge is 2.50. The summed E-state index contributed by atoms with van der Waals surface area (Å²) in [4.78, 5) is 19.8. The van der Waals surface area contributed by atoms with Crippen LogP contribution in [0.1, 0.15) is 19.4 Å². The molecule has 4 rings (SSSR count). The van der Waals surface area contributed by atoms with E-state index in [1.54, 1.807) is 26.3 Å². The number of benzene rings is 2. The van der Waals surface area contributed by atoms with E-state index in [2.05, 4.69) is 16.4 Å². The zero-order valence-corrected chi connectivity index (χ0v) is 16.4. The van der Waals surface area contributed by atoms with Gasteiger partial charge in [0.25, 0.3) is 0 Å². The first-order chi connectivity index (χ1) is 13.4. The Labute approximate surface area is 164 Å². The first-order valence-electron chi connectivity index (χ1n) is 9.15. The summed E-state index contributed by atoms with van der Waals surface area (Å²) in [5, 5.41) is 13.5. The smallest absolute Gasteiger partial charge is 0.193 e. The molecule has 6 nitrogen and oxygen atoms in total. The first kappa shape index (κ1) is 18.1. The number of hydrogen-bond acceptors (Lipinski definition) is 5. The minimum Gasteiger partial charge on any atom is -0.508 e. The maximum Gasteiger partial charge on any atom is 0.193 e. The number of anilines is 2. The van der Waals surface area contributed by atoms with Gasteiger partial charge in [0.15, 0.2) is 5.78 Å². The number of ether oxygens (including phenoxy) is 1. The van der Waals surface area contributed by atoms with E-state index in [9.17, 15) is 9.90 Å². The summed E-state index contributed by atoms with van der Waals surface area (Å²) < 4.78 is 5.29. The van der Waals surface area contributed by atoms with E-state index in [1.807, 2.05) is 36.9 Å². The van der Waals surface area contributed by atoms with Crippen molar-refractivity contribution in [3.8, 4) is 11.5 Å². The Balaban J connectivity index is 1.86. The third-order valence-corrected chi connectivity index (χ3v) is 5.33. The number of phenolic OH excluding ortho intramolecular Hbond substituents is 1. The molecule has 2 heterocycles. The van der Waals surface area contributed by atoms with Crippen LogP contribution in [-0.2, 0) is 11.2 Å². The Morgan fingerprint density at radius 3 is 2.64 bits per heavy atom. The molecule has 6 heteroatoms. The van der Waals surface area contributed by atoms with E-state index >= 15 is 0 Å².